The van der Waals surface area contributed by atoms with Crippen LogP contribution in [0.25, 0.3) is 74.5 Å². The molecule has 0 saturated carbocycles. The van der Waals surface area contributed by atoms with Crippen molar-refractivity contribution in [2.45, 2.75) is 5.41 Å². The molecule has 0 N–H and O–H groups in total. The van der Waals surface area contributed by atoms with Gasteiger partial charge in [-0.1, -0.05) is 140 Å². The largest absolute Gasteiger partial charge is 0.456 e. The molecule has 3 nitrogen and oxygen atoms in total. The fraction of sp³-hybridized carbons (Fsp3) is 0.0159. The van der Waals surface area contributed by atoms with E-state index in [1.165, 1.54) is 79.8 Å². The highest BCUT2D eigenvalue weighted by Crippen LogP contribution is 2.67. The molecule has 10 aromatic carbocycles. The number of benzene rings is 10. The quantitative estimate of drug-likeness (QED) is 0.166. The number of hydrogen-bond acceptors (Lipinski definition) is 5. The number of furan rings is 1. The Kier molecular flexibility index (Phi) is 8.03. The van der Waals surface area contributed by atoms with Crippen molar-refractivity contribution in [3.05, 3.63) is 252 Å². The summed E-state index contributed by atoms with van der Waals surface area (Å²) < 4.78 is 10.2. The highest BCUT2D eigenvalue weighted by atomic mass is 32.1. The Hall–Kier alpha value is -8.22. The molecule has 0 bridgehead atoms. The van der Waals surface area contributed by atoms with E-state index in [0.717, 1.165) is 50.4 Å². The van der Waals surface area contributed by atoms with Crippen molar-refractivity contribution in [1.82, 2.24) is 0 Å². The zero-order chi connectivity index (χ0) is 44.5. The highest BCUT2D eigenvalue weighted by Gasteiger charge is 2.53. The van der Waals surface area contributed by atoms with Crippen molar-refractivity contribution in [3.63, 3.8) is 0 Å². The molecule has 3 heterocycles. The average Bonchev–Trinajstić information content (AvgIpc) is 4.20. The summed E-state index contributed by atoms with van der Waals surface area (Å²) in [5.41, 5.74) is 17.2. The zero-order valence-electron chi connectivity index (χ0n) is 36.6. The molecular weight excluding hydrogens is 865 g/mol. The van der Waals surface area contributed by atoms with E-state index in [1.54, 1.807) is 0 Å². The molecule has 13 aromatic rings. The van der Waals surface area contributed by atoms with Gasteiger partial charge in [0, 0.05) is 75.2 Å². The lowest BCUT2D eigenvalue weighted by Gasteiger charge is -2.31. The first-order chi connectivity index (χ1) is 33.7. The van der Waals surface area contributed by atoms with Crippen LogP contribution in [-0.2, 0) is 5.41 Å². The van der Waals surface area contributed by atoms with Crippen molar-refractivity contribution in [2.75, 3.05) is 9.80 Å². The molecule has 15 rings (SSSR count). The Morgan fingerprint density at radius 2 is 0.897 bits per heavy atom. The minimum atomic E-state index is -0.507. The lowest BCUT2D eigenvalue weighted by atomic mass is 9.74. The van der Waals surface area contributed by atoms with Crippen LogP contribution in [0.3, 0.4) is 0 Å². The number of anilines is 6. The van der Waals surface area contributed by atoms with Crippen molar-refractivity contribution in [1.29, 1.82) is 0 Å². The molecule has 1 spiro atoms. The first-order valence-electron chi connectivity index (χ1n) is 23.2. The standard InChI is InChI=1S/C63H38N2OS2/c1-3-16-39(17-4-1)64(42-32-35-57-50(37-42)45-21-8-12-27-56(45)66-57)41-30-34-54-51(38-41)60-48-23-10-14-29-59(48)68-62(60)63(54)52-25-11-7-20-44(52)49-36-43(31-33-53(49)63)65(40-18-5-2-6-19-40)55-26-15-24-47-46-22-9-13-28-58(46)67-61(47)55/h1-38H. The van der Waals surface area contributed by atoms with Crippen LogP contribution < -0.4 is 9.80 Å². The Labute approximate surface area is 400 Å². The van der Waals surface area contributed by atoms with Gasteiger partial charge in [0.15, 0.2) is 0 Å². The molecule has 1 atom stereocenters. The topological polar surface area (TPSA) is 19.6 Å². The Morgan fingerprint density at radius 3 is 1.71 bits per heavy atom. The predicted molar refractivity (Wildman–Crippen MR) is 288 cm³/mol. The molecule has 318 valence electrons. The first-order valence-corrected chi connectivity index (χ1v) is 24.8. The third-order valence-corrected chi connectivity index (χ3v) is 16.9. The third-order valence-electron chi connectivity index (χ3n) is 14.4. The number of nitrogens with zero attached hydrogens (tertiary/aromatic N) is 2. The second kappa shape index (κ2) is 14.4. The Balaban J connectivity index is 0.961. The van der Waals surface area contributed by atoms with Gasteiger partial charge in [0.25, 0.3) is 0 Å². The lowest BCUT2D eigenvalue weighted by Crippen LogP contribution is -2.25. The van der Waals surface area contributed by atoms with E-state index in [9.17, 15) is 0 Å². The van der Waals surface area contributed by atoms with Gasteiger partial charge in [0.1, 0.15) is 11.2 Å². The lowest BCUT2D eigenvalue weighted by molar-refractivity contribution is 0.669. The van der Waals surface area contributed by atoms with Gasteiger partial charge in [0.05, 0.1) is 15.8 Å². The monoisotopic (exact) mass is 902 g/mol. The SMILES string of the molecule is c1ccc(N(c2ccc3c(c2)-c2c(sc4ccccc24)C32c3ccccc3-c3cc(N(c4ccccc4)c4cccc5c4sc4ccccc45)ccc32)c2ccc3oc4ccccc4c3c2)cc1. The minimum Gasteiger partial charge on any atom is -0.456 e. The van der Waals surface area contributed by atoms with Crippen LogP contribution in [-0.4, -0.2) is 0 Å². The molecule has 3 aromatic heterocycles. The molecule has 5 heteroatoms. The van der Waals surface area contributed by atoms with Crippen molar-refractivity contribution in [2.24, 2.45) is 0 Å². The first kappa shape index (κ1) is 37.9. The van der Waals surface area contributed by atoms with Crippen LogP contribution in [0.5, 0.6) is 0 Å². The summed E-state index contributed by atoms with van der Waals surface area (Å²) in [6.45, 7) is 0. The van der Waals surface area contributed by atoms with Gasteiger partial charge in [-0.2, -0.15) is 0 Å². The Morgan fingerprint density at radius 1 is 0.338 bits per heavy atom. The zero-order valence-corrected chi connectivity index (χ0v) is 38.2. The van der Waals surface area contributed by atoms with E-state index in [0.29, 0.717) is 0 Å². The summed E-state index contributed by atoms with van der Waals surface area (Å²) >= 11 is 3.83. The summed E-state index contributed by atoms with van der Waals surface area (Å²) in [6.07, 6.45) is 0. The van der Waals surface area contributed by atoms with Crippen LogP contribution in [0.15, 0.2) is 235 Å². The number of fused-ring (bicyclic) bond motifs is 18. The molecule has 2 aliphatic rings. The van der Waals surface area contributed by atoms with E-state index in [2.05, 4.69) is 234 Å². The van der Waals surface area contributed by atoms with E-state index in [1.807, 2.05) is 28.7 Å². The average molecular weight is 903 g/mol. The molecule has 0 saturated heterocycles. The Bertz CT molecular complexity index is 4180. The van der Waals surface area contributed by atoms with Gasteiger partial charge in [-0.25, -0.2) is 0 Å². The normalized spacial score (nSPS) is 14.5. The maximum absolute atomic E-state index is 6.32. The molecule has 2 aliphatic carbocycles. The smallest absolute Gasteiger partial charge is 0.135 e. The van der Waals surface area contributed by atoms with Crippen LogP contribution in [0, 0.1) is 0 Å². The van der Waals surface area contributed by atoms with Crippen molar-refractivity contribution >= 4 is 109 Å². The minimum absolute atomic E-state index is 0.507. The summed E-state index contributed by atoms with van der Waals surface area (Å²) in [5.74, 6) is 0. The summed E-state index contributed by atoms with van der Waals surface area (Å²) in [5, 5.41) is 6.11. The van der Waals surface area contributed by atoms with Crippen LogP contribution >= 0.6 is 22.7 Å². The summed E-state index contributed by atoms with van der Waals surface area (Å²) in [7, 11) is 0. The van der Waals surface area contributed by atoms with Gasteiger partial charge in [0.2, 0.25) is 0 Å². The third kappa shape index (κ3) is 5.23. The van der Waals surface area contributed by atoms with E-state index in [-0.39, 0.29) is 0 Å². The highest BCUT2D eigenvalue weighted by molar-refractivity contribution is 7.26. The van der Waals surface area contributed by atoms with Gasteiger partial charge < -0.3 is 14.2 Å². The fourth-order valence-electron chi connectivity index (χ4n) is 11.6. The molecule has 1 unspecified atom stereocenters. The number of thiophene rings is 2. The van der Waals surface area contributed by atoms with E-state index < -0.39 is 5.41 Å². The maximum atomic E-state index is 6.32. The van der Waals surface area contributed by atoms with Gasteiger partial charge in [-0.05, 0) is 124 Å². The van der Waals surface area contributed by atoms with Crippen LogP contribution in [0.4, 0.5) is 34.1 Å². The van der Waals surface area contributed by atoms with Crippen molar-refractivity contribution < 1.29 is 4.42 Å². The number of para-hydroxylation sites is 3. The van der Waals surface area contributed by atoms with E-state index >= 15 is 0 Å². The van der Waals surface area contributed by atoms with Gasteiger partial charge in [-0.15, -0.1) is 22.7 Å². The van der Waals surface area contributed by atoms with Crippen LogP contribution in [0.1, 0.15) is 21.6 Å². The fourth-order valence-corrected chi connectivity index (χ4v) is 14.3. The molecule has 0 amide bonds. The predicted octanol–water partition coefficient (Wildman–Crippen LogP) is 18.5. The molecule has 68 heavy (non-hydrogen) atoms. The maximum Gasteiger partial charge on any atom is 0.135 e. The second-order valence-corrected chi connectivity index (χ2v) is 20.0. The summed E-state index contributed by atoms with van der Waals surface area (Å²) in [4.78, 5) is 6.25. The number of rotatable bonds is 6. The number of hydrogen-bond donors (Lipinski definition) is 0. The van der Waals surface area contributed by atoms with Crippen molar-refractivity contribution in [3.8, 4) is 22.3 Å². The van der Waals surface area contributed by atoms with Gasteiger partial charge in [-0.3, -0.25) is 0 Å². The summed E-state index contributed by atoms with van der Waals surface area (Å²) in [6, 6.07) is 84.8. The van der Waals surface area contributed by atoms with Crippen LogP contribution in [0.2, 0.25) is 0 Å². The molecule has 0 radical (unpaired) electrons. The molecule has 0 aliphatic heterocycles. The van der Waals surface area contributed by atoms with E-state index in [4.69, 9.17) is 4.42 Å². The second-order valence-electron chi connectivity index (χ2n) is 17.9. The molecule has 0 fully saturated rings. The van der Waals surface area contributed by atoms with Gasteiger partial charge >= 0.3 is 0 Å². The molecular formula is C63H38N2OS2.